The lowest BCUT2D eigenvalue weighted by atomic mass is 10.1. The van der Waals surface area contributed by atoms with Gasteiger partial charge in [-0.15, -0.1) is 24.8 Å². The summed E-state index contributed by atoms with van der Waals surface area (Å²) < 4.78 is 5.84. The summed E-state index contributed by atoms with van der Waals surface area (Å²) in [7, 11) is 0. The highest BCUT2D eigenvalue weighted by atomic mass is 35.5. The molecule has 1 atom stereocenters. The number of amides is 1. The van der Waals surface area contributed by atoms with Gasteiger partial charge < -0.3 is 15.8 Å². The number of nitrogens with two attached hydrogens (primary N) is 1. The summed E-state index contributed by atoms with van der Waals surface area (Å²) in [4.78, 5) is 15.9. The van der Waals surface area contributed by atoms with Gasteiger partial charge in [0.2, 0.25) is 11.8 Å². The molecule has 0 bridgehead atoms. The van der Waals surface area contributed by atoms with Gasteiger partial charge in [0.1, 0.15) is 11.4 Å². The molecule has 0 aliphatic heterocycles. The van der Waals surface area contributed by atoms with Crippen LogP contribution in [0.25, 0.3) is 0 Å². The van der Waals surface area contributed by atoms with Crippen molar-refractivity contribution in [1.82, 2.24) is 4.98 Å². The van der Waals surface area contributed by atoms with Crippen LogP contribution in [-0.4, -0.2) is 16.9 Å². The minimum atomic E-state index is -0.598. The lowest BCUT2D eigenvalue weighted by Gasteiger charge is -2.14. The second-order valence-corrected chi connectivity index (χ2v) is 4.93. The highest BCUT2D eigenvalue weighted by molar-refractivity contribution is 5.95. The second kappa shape index (κ2) is 9.35. The zero-order valence-electron chi connectivity index (χ0n) is 13.2. The van der Waals surface area contributed by atoms with E-state index < -0.39 is 6.04 Å². The van der Waals surface area contributed by atoms with Crippen LogP contribution in [0.3, 0.4) is 0 Å². The van der Waals surface area contributed by atoms with Crippen LogP contribution in [0.2, 0.25) is 0 Å². The molecule has 0 saturated carbocycles. The zero-order chi connectivity index (χ0) is 15.4. The number of rotatable bonds is 4. The minimum absolute atomic E-state index is 0. The van der Waals surface area contributed by atoms with Gasteiger partial charge in [-0.25, -0.2) is 4.98 Å². The first-order valence-electron chi connectivity index (χ1n) is 6.74. The molecule has 1 heterocycles. The number of aromatic nitrogens is 1. The summed E-state index contributed by atoms with van der Waals surface area (Å²) in [6, 6.07) is 8.66. The van der Waals surface area contributed by atoms with E-state index in [2.05, 4.69) is 10.3 Å². The third kappa shape index (κ3) is 5.39. The second-order valence-electron chi connectivity index (χ2n) is 4.93. The molecule has 23 heavy (non-hydrogen) atoms. The van der Waals surface area contributed by atoms with Gasteiger partial charge in [-0.1, -0.05) is 12.1 Å². The summed E-state index contributed by atoms with van der Waals surface area (Å²) in [6.07, 6.45) is 1.61. The number of carbonyl (C=O) groups is 1. The number of nitrogens with one attached hydrogen (secondary N) is 1. The van der Waals surface area contributed by atoms with Gasteiger partial charge in [0.05, 0.1) is 6.04 Å². The Morgan fingerprint density at radius 1 is 1.22 bits per heavy atom. The number of hydrogen-bond acceptors (Lipinski definition) is 4. The Kier molecular flexibility index (Phi) is 8.61. The molecule has 3 N–H and O–H groups in total. The van der Waals surface area contributed by atoms with E-state index in [-0.39, 0.29) is 30.7 Å². The maximum atomic E-state index is 11.7. The van der Waals surface area contributed by atoms with Crippen LogP contribution < -0.4 is 15.8 Å². The standard InChI is InChI=1S/C16H19N3O2.2ClH/c1-10-6-4-8-14(11(10)2)21-16-13(7-5-9-18-16)19-15(20)12(3)17;;/h4-9,12H,17H2,1-3H3,(H,19,20);2*1H. The largest absolute Gasteiger partial charge is 0.437 e. The summed E-state index contributed by atoms with van der Waals surface area (Å²) in [5.74, 6) is 0.777. The first kappa shape index (κ1) is 21.2. The number of nitrogens with zero attached hydrogens (tertiary/aromatic N) is 1. The van der Waals surface area contributed by atoms with E-state index in [4.69, 9.17) is 10.5 Å². The molecule has 1 amide bonds. The third-order valence-corrected chi connectivity index (χ3v) is 3.20. The SMILES string of the molecule is Cc1cccc(Oc2ncccc2NC(=O)C(C)N)c1C.Cl.Cl. The molecule has 0 radical (unpaired) electrons. The highest BCUT2D eigenvalue weighted by Crippen LogP contribution is 2.30. The molecule has 1 unspecified atom stereocenters. The van der Waals surface area contributed by atoms with Crippen molar-refractivity contribution in [2.24, 2.45) is 5.73 Å². The molecule has 2 aromatic rings. The molecule has 126 valence electrons. The predicted molar refractivity (Wildman–Crippen MR) is 97.0 cm³/mol. The Morgan fingerprint density at radius 2 is 1.91 bits per heavy atom. The topological polar surface area (TPSA) is 77.2 Å². The monoisotopic (exact) mass is 357 g/mol. The van der Waals surface area contributed by atoms with Crippen LogP contribution in [0.4, 0.5) is 5.69 Å². The molecule has 7 heteroatoms. The normalized spacial score (nSPS) is 10.8. The van der Waals surface area contributed by atoms with Crippen molar-refractivity contribution in [3.05, 3.63) is 47.7 Å². The van der Waals surface area contributed by atoms with Crippen molar-refractivity contribution in [3.8, 4) is 11.6 Å². The van der Waals surface area contributed by atoms with Crippen molar-refractivity contribution in [1.29, 1.82) is 0 Å². The van der Waals surface area contributed by atoms with Gasteiger partial charge in [-0.2, -0.15) is 0 Å². The average Bonchev–Trinajstić information content (AvgIpc) is 2.45. The van der Waals surface area contributed by atoms with Gasteiger partial charge in [0, 0.05) is 6.20 Å². The number of aryl methyl sites for hydroxylation is 1. The van der Waals surface area contributed by atoms with Crippen LogP contribution in [0.5, 0.6) is 11.6 Å². The van der Waals surface area contributed by atoms with Gasteiger partial charge in [0.15, 0.2) is 0 Å². The Balaban J connectivity index is 0.00000242. The Hall–Kier alpha value is -1.82. The smallest absolute Gasteiger partial charge is 0.243 e. The van der Waals surface area contributed by atoms with Crippen molar-refractivity contribution in [3.63, 3.8) is 0 Å². The quantitative estimate of drug-likeness (QED) is 0.875. The maximum Gasteiger partial charge on any atom is 0.243 e. The molecule has 0 aliphatic carbocycles. The molecular weight excluding hydrogens is 337 g/mol. The van der Waals surface area contributed by atoms with E-state index in [1.54, 1.807) is 25.3 Å². The molecule has 1 aromatic carbocycles. The average molecular weight is 358 g/mol. The van der Waals surface area contributed by atoms with Gasteiger partial charge in [-0.3, -0.25) is 4.79 Å². The molecule has 5 nitrogen and oxygen atoms in total. The fraction of sp³-hybridized carbons (Fsp3) is 0.250. The first-order chi connectivity index (χ1) is 9.99. The number of hydrogen-bond donors (Lipinski definition) is 2. The maximum absolute atomic E-state index is 11.7. The van der Waals surface area contributed by atoms with E-state index >= 15 is 0 Å². The number of anilines is 1. The van der Waals surface area contributed by atoms with Crippen molar-refractivity contribution < 1.29 is 9.53 Å². The Morgan fingerprint density at radius 3 is 2.57 bits per heavy atom. The van der Waals surface area contributed by atoms with Crippen molar-refractivity contribution in [2.45, 2.75) is 26.8 Å². The third-order valence-electron chi connectivity index (χ3n) is 3.20. The number of halogens is 2. The minimum Gasteiger partial charge on any atom is -0.437 e. The van der Waals surface area contributed by atoms with Crippen molar-refractivity contribution in [2.75, 3.05) is 5.32 Å². The number of ether oxygens (including phenoxy) is 1. The van der Waals surface area contributed by atoms with Gasteiger partial charge in [-0.05, 0) is 50.1 Å². The number of carbonyl (C=O) groups excluding carboxylic acids is 1. The summed E-state index contributed by atoms with van der Waals surface area (Å²) in [6.45, 7) is 5.62. The van der Waals surface area contributed by atoms with Crippen LogP contribution in [0, 0.1) is 13.8 Å². The van der Waals surface area contributed by atoms with E-state index in [0.29, 0.717) is 17.3 Å². The number of benzene rings is 1. The summed E-state index contributed by atoms with van der Waals surface area (Å²) >= 11 is 0. The molecule has 1 aromatic heterocycles. The molecule has 2 rings (SSSR count). The van der Waals surface area contributed by atoms with Gasteiger partial charge >= 0.3 is 0 Å². The fourth-order valence-corrected chi connectivity index (χ4v) is 1.75. The molecular formula is C16H21Cl2N3O2. The fourth-order valence-electron chi connectivity index (χ4n) is 1.75. The van der Waals surface area contributed by atoms with Crippen LogP contribution in [0.1, 0.15) is 18.1 Å². The summed E-state index contributed by atoms with van der Waals surface area (Å²) in [5.41, 5.74) is 8.22. The van der Waals surface area contributed by atoms with Crippen molar-refractivity contribution >= 4 is 36.4 Å². The lowest BCUT2D eigenvalue weighted by molar-refractivity contribution is -0.117. The van der Waals surface area contributed by atoms with Crippen LogP contribution in [0.15, 0.2) is 36.5 Å². The van der Waals surface area contributed by atoms with E-state index in [1.807, 2.05) is 32.0 Å². The zero-order valence-corrected chi connectivity index (χ0v) is 14.8. The first-order valence-corrected chi connectivity index (χ1v) is 6.74. The van der Waals surface area contributed by atoms with Crippen LogP contribution >= 0.6 is 24.8 Å². The van der Waals surface area contributed by atoms with E-state index in [9.17, 15) is 4.79 Å². The van der Waals surface area contributed by atoms with Gasteiger partial charge in [0.25, 0.3) is 0 Å². The molecule has 0 spiro atoms. The Bertz CT molecular complexity index is 664. The molecule has 0 saturated heterocycles. The predicted octanol–water partition coefficient (Wildman–Crippen LogP) is 3.62. The van der Waals surface area contributed by atoms with Crippen LogP contribution in [-0.2, 0) is 4.79 Å². The summed E-state index contributed by atoms with van der Waals surface area (Å²) in [5, 5.41) is 2.71. The number of pyridine rings is 1. The Labute approximate surface area is 148 Å². The lowest BCUT2D eigenvalue weighted by Crippen LogP contribution is -2.32. The molecule has 0 fully saturated rings. The van der Waals surface area contributed by atoms with E-state index in [1.165, 1.54) is 0 Å². The van der Waals surface area contributed by atoms with E-state index in [0.717, 1.165) is 11.1 Å². The highest BCUT2D eigenvalue weighted by Gasteiger charge is 2.13. The molecule has 0 aliphatic rings.